The third kappa shape index (κ3) is 3.72. The van der Waals surface area contributed by atoms with Gasteiger partial charge in [-0.25, -0.2) is 13.6 Å². The van der Waals surface area contributed by atoms with Crippen LogP contribution in [0, 0.1) is 11.6 Å². The number of carboxylic acids is 1. The fourth-order valence-electron chi connectivity index (χ4n) is 3.95. The van der Waals surface area contributed by atoms with Crippen molar-refractivity contribution in [2.45, 2.75) is 6.54 Å². The summed E-state index contributed by atoms with van der Waals surface area (Å²) in [6.07, 6.45) is 1.10. The molecule has 0 radical (unpaired) electrons. The number of nitrogens with zero attached hydrogens (tertiary/aromatic N) is 2. The zero-order valence-electron chi connectivity index (χ0n) is 16.8. The Hall–Kier alpha value is -3.46. The summed E-state index contributed by atoms with van der Waals surface area (Å²) < 4.78 is 37.3. The van der Waals surface area contributed by atoms with E-state index in [2.05, 4.69) is 5.32 Å². The van der Waals surface area contributed by atoms with Gasteiger partial charge in [-0.1, -0.05) is 18.2 Å². The molecule has 31 heavy (non-hydrogen) atoms. The largest absolute Gasteiger partial charge is 0.496 e. The highest BCUT2D eigenvalue weighted by Crippen LogP contribution is 2.31. The average Bonchev–Trinajstić information content (AvgIpc) is 2.76. The van der Waals surface area contributed by atoms with Crippen molar-refractivity contribution in [1.82, 2.24) is 9.88 Å². The number of para-hydroxylation sites is 1. The quantitative estimate of drug-likeness (QED) is 0.648. The van der Waals surface area contributed by atoms with Crippen LogP contribution in [-0.4, -0.2) is 48.9 Å². The number of piperazine rings is 1. The number of carbonyl (C=O) groups is 1. The molecule has 3 aromatic rings. The summed E-state index contributed by atoms with van der Waals surface area (Å²) in [7, 11) is 1.49. The van der Waals surface area contributed by atoms with Crippen LogP contribution < -0.4 is 20.4 Å². The van der Waals surface area contributed by atoms with Gasteiger partial charge in [0.05, 0.1) is 24.6 Å². The number of methoxy groups -OCH3 is 1. The van der Waals surface area contributed by atoms with Crippen LogP contribution >= 0.6 is 0 Å². The minimum Gasteiger partial charge on any atom is -0.496 e. The maximum absolute atomic E-state index is 15.7. The summed E-state index contributed by atoms with van der Waals surface area (Å²) in [5.74, 6) is -2.72. The molecule has 4 rings (SSSR count). The Morgan fingerprint density at radius 1 is 1.23 bits per heavy atom. The molecule has 0 atom stereocenters. The van der Waals surface area contributed by atoms with E-state index in [9.17, 15) is 19.1 Å². The van der Waals surface area contributed by atoms with E-state index in [1.54, 1.807) is 29.2 Å². The van der Waals surface area contributed by atoms with Crippen molar-refractivity contribution in [3.8, 4) is 5.75 Å². The van der Waals surface area contributed by atoms with Gasteiger partial charge in [0.2, 0.25) is 5.43 Å². The molecule has 2 aromatic carbocycles. The maximum atomic E-state index is 15.7. The first-order valence-electron chi connectivity index (χ1n) is 9.78. The lowest BCUT2D eigenvalue weighted by molar-refractivity contribution is 0.0695. The standard InChI is InChI=1S/C22H21F2N3O4/c1-31-17-5-3-2-4-13(17)11-27-12-15(22(29)30)21(28)14-10-16(23)20(18(24)19(14)27)26-8-6-25-7-9-26/h2-5,10,12,25H,6-9,11H2,1H3,(H,29,30). The first-order chi connectivity index (χ1) is 14.9. The van der Waals surface area contributed by atoms with Crippen molar-refractivity contribution in [1.29, 1.82) is 0 Å². The number of pyridine rings is 1. The van der Waals surface area contributed by atoms with Crippen LogP contribution in [0.15, 0.2) is 41.3 Å². The summed E-state index contributed by atoms with van der Waals surface area (Å²) in [6.45, 7) is 1.99. The van der Waals surface area contributed by atoms with E-state index in [1.165, 1.54) is 11.7 Å². The first-order valence-corrected chi connectivity index (χ1v) is 9.78. The van der Waals surface area contributed by atoms with Crippen molar-refractivity contribution in [2.24, 2.45) is 0 Å². The molecule has 0 spiro atoms. The van der Waals surface area contributed by atoms with Gasteiger partial charge in [0.1, 0.15) is 22.8 Å². The fourth-order valence-corrected chi connectivity index (χ4v) is 3.95. The van der Waals surface area contributed by atoms with Gasteiger partial charge >= 0.3 is 5.97 Å². The van der Waals surface area contributed by atoms with Gasteiger partial charge in [0, 0.05) is 37.9 Å². The third-order valence-electron chi connectivity index (χ3n) is 5.43. The van der Waals surface area contributed by atoms with Gasteiger partial charge in [-0.2, -0.15) is 0 Å². The molecule has 1 aliphatic rings. The number of hydrogen-bond donors (Lipinski definition) is 2. The number of rotatable bonds is 5. The van der Waals surface area contributed by atoms with Crippen molar-refractivity contribution in [2.75, 3.05) is 38.2 Å². The number of halogens is 2. The van der Waals surface area contributed by atoms with E-state index in [1.807, 2.05) is 0 Å². The highest BCUT2D eigenvalue weighted by Gasteiger charge is 2.26. The maximum Gasteiger partial charge on any atom is 0.341 e. The van der Waals surface area contributed by atoms with E-state index in [4.69, 9.17) is 4.74 Å². The molecular formula is C22H21F2N3O4. The first kappa shape index (κ1) is 20.8. The average molecular weight is 429 g/mol. The number of benzene rings is 2. The predicted octanol–water partition coefficient (Wildman–Crippen LogP) is 2.44. The number of ether oxygens (including phenoxy) is 1. The fraction of sp³-hybridized carbons (Fsp3) is 0.273. The number of aromatic carboxylic acids is 1. The van der Waals surface area contributed by atoms with Crippen molar-refractivity contribution in [3.63, 3.8) is 0 Å². The molecule has 1 aliphatic heterocycles. The molecule has 2 N–H and O–H groups in total. The van der Waals surface area contributed by atoms with Crippen molar-refractivity contribution in [3.05, 3.63) is 69.5 Å². The number of anilines is 1. The summed E-state index contributed by atoms with van der Waals surface area (Å²) in [4.78, 5) is 25.9. The van der Waals surface area contributed by atoms with Gasteiger partial charge in [0.15, 0.2) is 5.82 Å². The molecule has 0 unspecified atom stereocenters. The van der Waals surface area contributed by atoms with Crippen LogP contribution in [0.4, 0.5) is 14.5 Å². The molecule has 162 valence electrons. The minimum absolute atomic E-state index is 0.0324. The molecule has 7 nitrogen and oxygen atoms in total. The highest BCUT2D eigenvalue weighted by atomic mass is 19.1. The number of fused-ring (bicyclic) bond motifs is 1. The molecule has 9 heteroatoms. The lowest BCUT2D eigenvalue weighted by Crippen LogP contribution is -2.44. The number of hydrogen-bond acceptors (Lipinski definition) is 5. The van der Waals surface area contributed by atoms with E-state index in [0.29, 0.717) is 37.5 Å². The van der Waals surface area contributed by atoms with Crippen molar-refractivity contribution >= 4 is 22.6 Å². The Labute approximate surface area is 176 Å². The number of nitrogens with one attached hydrogen (secondary N) is 1. The second kappa shape index (κ2) is 8.35. The molecule has 0 aliphatic carbocycles. The predicted molar refractivity (Wildman–Crippen MR) is 112 cm³/mol. The van der Waals surface area contributed by atoms with Crippen LogP contribution in [0.1, 0.15) is 15.9 Å². The summed E-state index contributed by atoms with van der Waals surface area (Å²) in [5, 5.41) is 12.3. The van der Waals surface area contributed by atoms with Crippen LogP contribution in [0.3, 0.4) is 0 Å². The number of carboxylic acid groups (broad SMARTS) is 1. The zero-order chi connectivity index (χ0) is 22.1. The van der Waals surface area contributed by atoms with E-state index >= 15 is 4.39 Å². The highest BCUT2D eigenvalue weighted by molar-refractivity contribution is 5.94. The van der Waals surface area contributed by atoms with Crippen LogP contribution in [0.5, 0.6) is 5.75 Å². The monoisotopic (exact) mass is 429 g/mol. The molecule has 0 bridgehead atoms. The van der Waals surface area contributed by atoms with Gasteiger partial charge in [-0.3, -0.25) is 4.79 Å². The molecular weight excluding hydrogens is 408 g/mol. The smallest absolute Gasteiger partial charge is 0.341 e. The molecule has 1 saturated heterocycles. The van der Waals surface area contributed by atoms with Crippen LogP contribution in [0.2, 0.25) is 0 Å². The molecule has 2 heterocycles. The Morgan fingerprint density at radius 3 is 2.61 bits per heavy atom. The minimum atomic E-state index is -1.47. The molecule has 0 saturated carbocycles. The summed E-state index contributed by atoms with van der Waals surface area (Å²) in [5.41, 5.74) is -1.20. The second-order valence-corrected chi connectivity index (χ2v) is 7.27. The lowest BCUT2D eigenvalue weighted by Gasteiger charge is -2.30. The molecule has 1 fully saturated rings. The van der Waals surface area contributed by atoms with Gasteiger partial charge in [-0.05, 0) is 12.1 Å². The lowest BCUT2D eigenvalue weighted by atomic mass is 10.1. The Kier molecular flexibility index (Phi) is 5.60. The summed E-state index contributed by atoms with van der Waals surface area (Å²) >= 11 is 0. The Balaban J connectivity index is 1.99. The van der Waals surface area contributed by atoms with Gasteiger partial charge in [0.25, 0.3) is 0 Å². The molecule has 0 amide bonds. The Morgan fingerprint density at radius 2 is 1.94 bits per heavy atom. The zero-order valence-corrected chi connectivity index (χ0v) is 16.8. The Bertz CT molecular complexity index is 1220. The van der Waals surface area contributed by atoms with Gasteiger partial charge in [-0.15, -0.1) is 0 Å². The van der Waals surface area contributed by atoms with Crippen LogP contribution in [0.25, 0.3) is 10.9 Å². The number of aromatic nitrogens is 1. The topological polar surface area (TPSA) is 83.8 Å². The van der Waals surface area contributed by atoms with Gasteiger partial charge < -0.3 is 24.6 Å². The normalized spacial score (nSPS) is 14.1. The third-order valence-corrected chi connectivity index (χ3v) is 5.43. The summed E-state index contributed by atoms with van der Waals surface area (Å²) in [6, 6.07) is 7.95. The van der Waals surface area contributed by atoms with Crippen LogP contribution in [-0.2, 0) is 6.54 Å². The van der Waals surface area contributed by atoms with Crippen molar-refractivity contribution < 1.29 is 23.4 Å². The van der Waals surface area contributed by atoms with E-state index < -0.39 is 28.6 Å². The van der Waals surface area contributed by atoms with E-state index in [-0.39, 0.29) is 23.1 Å². The van der Waals surface area contributed by atoms with E-state index in [0.717, 1.165) is 12.3 Å². The second-order valence-electron chi connectivity index (χ2n) is 7.27. The SMILES string of the molecule is COc1ccccc1Cn1cc(C(=O)O)c(=O)c2cc(F)c(N3CCNCC3)c(F)c21. The molecule has 1 aromatic heterocycles.